The maximum atomic E-state index is 12.6. The Morgan fingerprint density at radius 2 is 2.00 bits per heavy atom. The summed E-state index contributed by atoms with van der Waals surface area (Å²) in [7, 11) is -2.07. The Morgan fingerprint density at radius 1 is 1.45 bits per heavy atom. The van der Waals surface area contributed by atoms with E-state index < -0.39 is 10.0 Å². The first kappa shape index (κ1) is 15.8. The Hall–Kier alpha value is -0.580. The zero-order valence-corrected chi connectivity index (χ0v) is 14.4. The Morgan fingerprint density at radius 3 is 2.40 bits per heavy atom. The van der Waals surface area contributed by atoms with Crippen molar-refractivity contribution < 1.29 is 8.42 Å². The van der Waals surface area contributed by atoms with Crippen molar-refractivity contribution in [2.75, 3.05) is 13.1 Å². The van der Waals surface area contributed by atoms with Crippen LogP contribution in [0.4, 0.5) is 0 Å². The summed E-state index contributed by atoms with van der Waals surface area (Å²) in [6.45, 7) is 2.74. The number of halogens is 1. The van der Waals surface area contributed by atoms with E-state index in [4.69, 9.17) is 18.0 Å². The highest BCUT2D eigenvalue weighted by atomic mass is 79.9. The fourth-order valence-electron chi connectivity index (χ4n) is 2.19. The number of hydrogen-bond donors (Lipinski definition) is 1. The van der Waals surface area contributed by atoms with Gasteiger partial charge in [-0.3, -0.25) is 0 Å². The molecular formula is C10H16BrN5O2S2. The summed E-state index contributed by atoms with van der Waals surface area (Å²) in [4.78, 5) is 0.443. The zero-order valence-electron chi connectivity index (χ0n) is 11.2. The molecule has 1 aliphatic rings. The van der Waals surface area contributed by atoms with Gasteiger partial charge in [0.2, 0.25) is 5.03 Å². The minimum Gasteiger partial charge on any atom is -0.393 e. The van der Waals surface area contributed by atoms with Crippen molar-refractivity contribution in [1.29, 1.82) is 0 Å². The summed E-state index contributed by atoms with van der Waals surface area (Å²) in [5, 5.41) is 7.49. The topological polar surface area (TPSA) is 94.1 Å². The summed E-state index contributed by atoms with van der Waals surface area (Å²) in [5.74, 6) is 0. The predicted octanol–water partition coefficient (Wildman–Crippen LogP) is 0.655. The molecule has 1 aliphatic heterocycles. The Bertz CT molecular complexity index is 615. The quantitative estimate of drug-likeness (QED) is 0.772. The fourth-order valence-corrected chi connectivity index (χ4v) is 4.86. The Balaban J connectivity index is 2.25. The highest BCUT2D eigenvalue weighted by Gasteiger charge is 2.39. The highest BCUT2D eigenvalue weighted by Crippen LogP contribution is 2.34. The molecule has 0 atom stereocenters. The van der Waals surface area contributed by atoms with Gasteiger partial charge in [0, 0.05) is 25.6 Å². The van der Waals surface area contributed by atoms with Gasteiger partial charge < -0.3 is 5.73 Å². The van der Waals surface area contributed by atoms with E-state index in [-0.39, 0.29) is 15.0 Å². The lowest BCUT2D eigenvalue weighted by Crippen LogP contribution is -2.47. The minimum atomic E-state index is -3.62. The van der Waals surface area contributed by atoms with Crippen LogP contribution in [0.2, 0.25) is 0 Å². The Labute approximate surface area is 131 Å². The molecule has 1 aromatic rings. The van der Waals surface area contributed by atoms with Gasteiger partial charge in [-0.05, 0) is 28.8 Å². The SMILES string of the molecule is Cn1nnc(Br)c1S(=O)(=O)N1CCC(C)(C(N)=S)CC1. The molecule has 0 aromatic carbocycles. The van der Waals surface area contributed by atoms with E-state index in [1.165, 1.54) is 8.99 Å². The first-order valence-corrected chi connectivity index (χ1v) is 8.68. The van der Waals surface area contributed by atoms with E-state index in [1.807, 2.05) is 6.92 Å². The number of rotatable bonds is 3. The van der Waals surface area contributed by atoms with Gasteiger partial charge in [0.1, 0.15) is 0 Å². The van der Waals surface area contributed by atoms with Crippen LogP contribution in [0.5, 0.6) is 0 Å². The van der Waals surface area contributed by atoms with Crippen molar-refractivity contribution in [1.82, 2.24) is 19.3 Å². The first-order chi connectivity index (χ1) is 9.18. The molecule has 1 aromatic heterocycles. The molecule has 112 valence electrons. The molecule has 0 radical (unpaired) electrons. The smallest absolute Gasteiger partial charge is 0.263 e. The molecule has 2 rings (SSSR count). The Kier molecular flexibility index (Phi) is 4.20. The molecule has 2 N–H and O–H groups in total. The van der Waals surface area contributed by atoms with Crippen LogP contribution in [0.1, 0.15) is 19.8 Å². The van der Waals surface area contributed by atoms with Crippen LogP contribution in [0, 0.1) is 5.41 Å². The second-order valence-electron chi connectivity index (χ2n) is 5.14. The van der Waals surface area contributed by atoms with Gasteiger partial charge in [0.25, 0.3) is 10.0 Å². The lowest BCUT2D eigenvalue weighted by atomic mass is 9.81. The highest BCUT2D eigenvalue weighted by molar-refractivity contribution is 9.10. The number of hydrogen-bond acceptors (Lipinski definition) is 5. The second kappa shape index (κ2) is 5.32. The number of sulfonamides is 1. The summed E-state index contributed by atoms with van der Waals surface area (Å²) in [5.41, 5.74) is 5.46. The lowest BCUT2D eigenvalue weighted by molar-refractivity contribution is 0.243. The van der Waals surface area contributed by atoms with Gasteiger partial charge in [-0.1, -0.05) is 24.4 Å². The minimum absolute atomic E-state index is 0.0661. The normalized spacial score (nSPS) is 19.9. The number of nitrogens with zero attached hydrogens (tertiary/aromatic N) is 4. The summed E-state index contributed by atoms with van der Waals surface area (Å²) in [6.07, 6.45) is 1.23. The van der Waals surface area contributed by atoms with Crippen LogP contribution in [-0.4, -0.2) is 45.8 Å². The standard InChI is InChI=1S/C10H16BrN5O2S2/c1-10(9(12)19)3-5-16(6-4-10)20(17,18)8-7(11)13-14-15(8)2/h3-6H2,1-2H3,(H2,12,19). The van der Waals surface area contributed by atoms with Gasteiger partial charge in [0.05, 0.1) is 4.99 Å². The molecule has 2 heterocycles. The van der Waals surface area contributed by atoms with Crippen LogP contribution in [0.25, 0.3) is 0 Å². The third-order valence-corrected chi connectivity index (χ3v) is 7.02. The van der Waals surface area contributed by atoms with Crippen molar-refractivity contribution in [2.24, 2.45) is 18.2 Å². The molecule has 0 aliphatic carbocycles. The number of aryl methyl sites for hydroxylation is 1. The first-order valence-electron chi connectivity index (χ1n) is 6.04. The average Bonchev–Trinajstić information content (AvgIpc) is 2.70. The molecular weight excluding hydrogens is 366 g/mol. The van der Waals surface area contributed by atoms with Crippen LogP contribution < -0.4 is 5.73 Å². The molecule has 0 amide bonds. The third kappa shape index (κ3) is 2.61. The number of piperidine rings is 1. The summed E-state index contributed by atoms with van der Waals surface area (Å²) in [6, 6.07) is 0. The lowest BCUT2D eigenvalue weighted by Gasteiger charge is -2.37. The number of thiocarbonyl (C=S) groups is 1. The third-order valence-electron chi connectivity index (χ3n) is 3.74. The van der Waals surface area contributed by atoms with Crippen molar-refractivity contribution in [3.05, 3.63) is 4.60 Å². The number of aromatic nitrogens is 3. The van der Waals surface area contributed by atoms with Crippen LogP contribution in [0.3, 0.4) is 0 Å². The molecule has 0 unspecified atom stereocenters. The van der Waals surface area contributed by atoms with E-state index in [2.05, 4.69) is 26.2 Å². The van der Waals surface area contributed by atoms with Gasteiger partial charge in [0.15, 0.2) is 4.60 Å². The molecule has 1 fully saturated rings. The largest absolute Gasteiger partial charge is 0.393 e. The van der Waals surface area contributed by atoms with Gasteiger partial charge in [-0.2, -0.15) is 4.31 Å². The van der Waals surface area contributed by atoms with E-state index in [9.17, 15) is 8.42 Å². The van der Waals surface area contributed by atoms with E-state index in [1.54, 1.807) is 7.05 Å². The molecule has 10 heteroatoms. The molecule has 0 spiro atoms. The van der Waals surface area contributed by atoms with Gasteiger partial charge in [-0.25, -0.2) is 13.1 Å². The molecule has 20 heavy (non-hydrogen) atoms. The van der Waals surface area contributed by atoms with Crippen LogP contribution >= 0.6 is 28.1 Å². The molecule has 0 saturated carbocycles. The second-order valence-corrected chi connectivity index (χ2v) is 8.18. The fraction of sp³-hybridized carbons (Fsp3) is 0.700. The van der Waals surface area contributed by atoms with Crippen molar-refractivity contribution in [2.45, 2.75) is 24.8 Å². The van der Waals surface area contributed by atoms with Crippen molar-refractivity contribution >= 4 is 43.2 Å². The van der Waals surface area contributed by atoms with Crippen LogP contribution in [-0.2, 0) is 17.1 Å². The van der Waals surface area contributed by atoms with Crippen molar-refractivity contribution in [3.63, 3.8) is 0 Å². The summed E-state index contributed by atoms with van der Waals surface area (Å²) >= 11 is 8.18. The molecule has 0 bridgehead atoms. The zero-order chi connectivity index (χ0) is 15.1. The van der Waals surface area contributed by atoms with E-state index in [0.29, 0.717) is 30.9 Å². The van der Waals surface area contributed by atoms with Crippen LogP contribution in [0.15, 0.2) is 9.63 Å². The molecule has 7 nitrogen and oxygen atoms in total. The van der Waals surface area contributed by atoms with E-state index >= 15 is 0 Å². The summed E-state index contributed by atoms with van der Waals surface area (Å²) < 4.78 is 28.1. The van der Waals surface area contributed by atoms with Gasteiger partial charge in [-0.15, -0.1) is 5.10 Å². The predicted molar refractivity (Wildman–Crippen MR) is 81.6 cm³/mol. The number of nitrogens with two attached hydrogens (primary N) is 1. The van der Waals surface area contributed by atoms with Gasteiger partial charge >= 0.3 is 0 Å². The molecule has 1 saturated heterocycles. The van der Waals surface area contributed by atoms with E-state index in [0.717, 1.165) is 0 Å². The monoisotopic (exact) mass is 381 g/mol. The average molecular weight is 382 g/mol. The van der Waals surface area contributed by atoms with Crippen molar-refractivity contribution in [3.8, 4) is 0 Å². The maximum absolute atomic E-state index is 12.6. The maximum Gasteiger partial charge on any atom is 0.263 e.